The molecule has 2 aromatic carbocycles. The van der Waals surface area contributed by atoms with Gasteiger partial charge in [0.25, 0.3) is 5.24 Å². The molecule has 0 aromatic heterocycles. The van der Waals surface area contributed by atoms with Gasteiger partial charge in [-0.1, -0.05) is 18.2 Å². The average Bonchev–Trinajstić information content (AvgIpc) is 2.83. The van der Waals surface area contributed by atoms with Gasteiger partial charge in [-0.2, -0.15) is 0 Å². The fraction of sp³-hybridized carbons (Fsp3) is 0.118. The third-order valence-corrected chi connectivity index (χ3v) is 4.47. The minimum absolute atomic E-state index is 0.109. The first kappa shape index (κ1) is 16.2. The van der Waals surface area contributed by atoms with E-state index in [9.17, 15) is 18.8 Å². The van der Waals surface area contributed by atoms with Crippen molar-refractivity contribution in [3.05, 3.63) is 60.4 Å². The van der Waals surface area contributed by atoms with Crippen molar-refractivity contribution in [3.63, 3.8) is 0 Å². The lowest BCUT2D eigenvalue weighted by Crippen LogP contribution is -2.32. The Morgan fingerprint density at radius 3 is 2.42 bits per heavy atom. The second-order valence-electron chi connectivity index (χ2n) is 5.14. The lowest BCUT2D eigenvalue weighted by molar-refractivity contribution is -0.121. The zero-order valence-corrected chi connectivity index (χ0v) is 13.3. The minimum Gasteiger partial charge on any atom is -0.326 e. The summed E-state index contributed by atoms with van der Waals surface area (Å²) in [6, 6.07) is 13.9. The Labute approximate surface area is 141 Å². The van der Waals surface area contributed by atoms with Gasteiger partial charge in [-0.25, -0.2) is 9.29 Å². The number of hydrogen-bond donors (Lipinski definition) is 1. The highest BCUT2D eigenvalue weighted by atomic mass is 32.2. The predicted octanol–water partition coefficient (Wildman–Crippen LogP) is 3.42. The molecule has 1 saturated heterocycles. The fourth-order valence-electron chi connectivity index (χ4n) is 2.31. The Hall–Kier alpha value is -2.67. The molecule has 5 nitrogen and oxygen atoms in total. The van der Waals surface area contributed by atoms with E-state index in [1.54, 1.807) is 24.3 Å². The first-order chi connectivity index (χ1) is 11.5. The number of halogens is 1. The van der Waals surface area contributed by atoms with Gasteiger partial charge in [0, 0.05) is 12.1 Å². The number of thioether (sulfide) groups is 1. The summed E-state index contributed by atoms with van der Waals surface area (Å²) in [5.41, 5.74) is 0.921. The maximum absolute atomic E-state index is 13.0. The molecule has 1 fully saturated rings. The molecule has 0 bridgehead atoms. The summed E-state index contributed by atoms with van der Waals surface area (Å²) in [6.45, 7) is 0. The van der Waals surface area contributed by atoms with Crippen LogP contribution in [-0.2, 0) is 9.59 Å². The second-order valence-corrected chi connectivity index (χ2v) is 6.29. The number of benzene rings is 2. The molecule has 1 aliphatic rings. The second kappa shape index (κ2) is 6.84. The van der Waals surface area contributed by atoms with Crippen LogP contribution in [0.4, 0.5) is 20.6 Å². The lowest BCUT2D eigenvalue weighted by Gasteiger charge is -2.13. The number of nitrogens with zero attached hydrogens (tertiary/aromatic N) is 1. The van der Waals surface area contributed by atoms with E-state index in [1.165, 1.54) is 24.3 Å². The summed E-state index contributed by atoms with van der Waals surface area (Å²) in [4.78, 5) is 37.5. The summed E-state index contributed by atoms with van der Waals surface area (Å²) < 4.78 is 13.0. The number of rotatable bonds is 4. The van der Waals surface area contributed by atoms with Crippen molar-refractivity contribution >= 4 is 40.2 Å². The number of para-hydroxylation sites is 1. The van der Waals surface area contributed by atoms with E-state index >= 15 is 0 Å². The van der Waals surface area contributed by atoms with Gasteiger partial charge in [-0.15, -0.1) is 0 Å². The maximum atomic E-state index is 13.0. The number of hydrogen-bond acceptors (Lipinski definition) is 4. The van der Waals surface area contributed by atoms with E-state index in [2.05, 4.69) is 5.32 Å². The van der Waals surface area contributed by atoms with Gasteiger partial charge >= 0.3 is 0 Å². The number of nitrogens with one attached hydrogen (secondary N) is 1. The first-order valence-electron chi connectivity index (χ1n) is 7.19. The third-order valence-electron chi connectivity index (χ3n) is 3.43. The topological polar surface area (TPSA) is 66.5 Å². The Morgan fingerprint density at radius 1 is 1.08 bits per heavy atom. The molecule has 0 saturated carbocycles. The van der Waals surface area contributed by atoms with Crippen molar-refractivity contribution in [1.29, 1.82) is 0 Å². The number of carbonyl (C=O) groups is 3. The molecule has 0 spiro atoms. The molecular formula is C17H13FN2O3S. The van der Waals surface area contributed by atoms with Crippen LogP contribution in [0.1, 0.15) is 6.42 Å². The quantitative estimate of drug-likeness (QED) is 0.923. The van der Waals surface area contributed by atoms with E-state index in [4.69, 9.17) is 0 Å². The molecular weight excluding hydrogens is 331 g/mol. The Balaban J connectivity index is 1.67. The number of imide groups is 1. The summed E-state index contributed by atoms with van der Waals surface area (Å²) in [6.07, 6.45) is -0.109. The average molecular weight is 344 g/mol. The normalized spacial score (nSPS) is 17.2. The van der Waals surface area contributed by atoms with Crippen molar-refractivity contribution in [3.8, 4) is 0 Å². The van der Waals surface area contributed by atoms with Crippen molar-refractivity contribution in [2.24, 2.45) is 0 Å². The third kappa shape index (κ3) is 3.46. The summed E-state index contributed by atoms with van der Waals surface area (Å²) >= 11 is 0.803. The van der Waals surface area contributed by atoms with Gasteiger partial charge in [0.05, 0.1) is 5.69 Å². The van der Waals surface area contributed by atoms with Crippen LogP contribution < -0.4 is 10.2 Å². The molecule has 0 aliphatic carbocycles. The van der Waals surface area contributed by atoms with E-state index in [0.717, 1.165) is 16.7 Å². The van der Waals surface area contributed by atoms with Crippen molar-refractivity contribution < 1.29 is 18.8 Å². The monoisotopic (exact) mass is 344 g/mol. The van der Waals surface area contributed by atoms with Crippen LogP contribution in [0.25, 0.3) is 0 Å². The highest BCUT2D eigenvalue weighted by Crippen LogP contribution is 2.33. The minimum atomic E-state index is -0.786. The number of carbonyl (C=O) groups excluding carboxylic acids is 3. The van der Waals surface area contributed by atoms with Gasteiger partial charge in [0.2, 0.25) is 11.8 Å². The molecule has 1 N–H and O–H groups in total. The first-order valence-corrected chi connectivity index (χ1v) is 8.07. The van der Waals surface area contributed by atoms with Gasteiger partial charge in [-0.3, -0.25) is 14.4 Å². The standard InChI is InChI=1S/C17H13FN2O3S/c18-11-6-8-13(9-7-11)20-16(22)14(24-17(20)23)10-15(21)19-12-4-2-1-3-5-12/h1-9,14H,10H2,(H,19,21)/t14-/m1/s1. The molecule has 7 heteroatoms. The smallest absolute Gasteiger partial charge is 0.293 e. The molecule has 3 amide bonds. The zero-order valence-electron chi connectivity index (χ0n) is 12.4. The van der Waals surface area contributed by atoms with Gasteiger partial charge in [0.15, 0.2) is 0 Å². The van der Waals surface area contributed by atoms with Crippen LogP contribution >= 0.6 is 11.8 Å². The van der Waals surface area contributed by atoms with Gasteiger partial charge < -0.3 is 5.32 Å². The SMILES string of the molecule is O=C(C[C@H]1SC(=O)N(c2ccc(F)cc2)C1=O)Nc1ccccc1. The maximum Gasteiger partial charge on any atom is 0.293 e. The van der Waals surface area contributed by atoms with E-state index in [0.29, 0.717) is 11.4 Å². The molecule has 0 unspecified atom stereocenters. The molecule has 122 valence electrons. The van der Waals surface area contributed by atoms with Crippen LogP contribution in [0, 0.1) is 5.82 Å². The van der Waals surface area contributed by atoms with Crippen LogP contribution in [0.15, 0.2) is 54.6 Å². The van der Waals surface area contributed by atoms with Crippen LogP contribution in [0.3, 0.4) is 0 Å². The molecule has 1 aliphatic heterocycles. The van der Waals surface area contributed by atoms with Crippen LogP contribution in [0.5, 0.6) is 0 Å². The Morgan fingerprint density at radius 2 is 1.75 bits per heavy atom. The summed E-state index contributed by atoms with van der Waals surface area (Å²) in [7, 11) is 0. The molecule has 3 rings (SSSR count). The number of amides is 3. The van der Waals surface area contributed by atoms with E-state index in [-0.39, 0.29) is 12.3 Å². The Bertz CT molecular complexity index is 780. The van der Waals surface area contributed by atoms with Crippen LogP contribution in [-0.4, -0.2) is 22.3 Å². The predicted molar refractivity (Wildman–Crippen MR) is 90.3 cm³/mol. The van der Waals surface area contributed by atoms with E-state index in [1.807, 2.05) is 6.07 Å². The highest BCUT2D eigenvalue weighted by molar-refractivity contribution is 8.15. The summed E-state index contributed by atoms with van der Waals surface area (Å²) in [5, 5.41) is 1.43. The van der Waals surface area contributed by atoms with Gasteiger partial charge in [-0.05, 0) is 48.2 Å². The fourth-order valence-corrected chi connectivity index (χ4v) is 3.30. The van der Waals surface area contributed by atoms with Crippen LogP contribution in [0.2, 0.25) is 0 Å². The van der Waals surface area contributed by atoms with Gasteiger partial charge in [0.1, 0.15) is 11.1 Å². The molecule has 2 aromatic rings. The van der Waals surface area contributed by atoms with Crippen molar-refractivity contribution in [2.75, 3.05) is 10.2 Å². The molecule has 1 heterocycles. The Kier molecular flexibility index (Phi) is 4.61. The molecule has 0 radical (unpaired) electrons. The zero-order chi connectivity index (χ0) is 17.1. The molecule has 1 atom stereocenters. The lowest BCUT2D eigenvalue weighted by atomic mass is 10.2. The van der Waals surface area contributed by atoms with Crippen molar-refractivity contribution in [2.45, 2.75) is 11.7 Å². The summed E-state index contributed by atoms with van der Waals surface area (Å²) in [5.74, 6) is -1.27. The van der Waals surface area contributed by atoms with Crippen molar-refractivity contribution in [1.82, 2.24) is 0 Å². The highest BCUT2D eigenvalue weighted by Gasteiger charge is 2.41. The number of anilines is 2. The largest absolute Gasteiger partial charge is 0.326 e. The van der Waals surface area contributed by atoms with E-state index < -0.39 is 22.2 Å². The molecule has 24 heavy (non-hydrogen) atoms.